The molecule has 0 saturated heterocycles. The lowest BCUT2D eigenvalue weighted by Gasteiger charge is -2.09. The molecule has 3 aromatic carbocycles. The van der Waals surface area contributed by atoms with Crippen molar-refractivity contribution >= 4 is 50.9 Å². The summed E-state index contributed by atoms with van der Waals surface area (Å²) in [5.74, 6) is 0.208. The fourth-order valence-corrected chi connectivity index (χ4v) is 4.37. The molecule has 0 aliphatic carbocycles. The Labute approximate surface area is 178 Å². The van der Waals surface area contributed by atoms with Gasteiger partial charge in [-0.15, -0.1) is 0 Å². The highest BCUT2D eigenvalue weighted by Crippen LogP contribution is 2.29. The molecule has 0 aliphatic heterocycles. The molecule has 2 heterocycles. The standard InChI is InChI=1S/C24H20N4OS/c1-2-16-11-13-17(14-12-16)25-22(29)15-30-24-27-19-8-4-3-7-18(19)23-26-20-9-5-6-10-21(20)28(23)24/h3-14H,2,15H2,1H3,(H,25,29). The van der Waals surface area contributed by atoms with Crippen molar-refractivity contribution in [1.82, 2.24) is 14.4 Å². The predicted molar refractivity (Wildman–Crippen MR) is 123 cm³/mol. The second kappa shape index (κ2) is 7.80. The summed E-state index contributed by atoms with van der Waals surface area (Å²) in [6, 6.07) is 23.9. The Morgan fingerprint density at radius 2 is 1.67 bits per heavy atom. The van der Waals surface area contributed by atoms with Gasteiger partial charge >= 0.3 is 0 Å². The number of anilines is 1. The van der Waals surface area contributed by atoms with Crippen molar-refractivity contribution in [2.45, 2.75) is 18.5 Å². The molecule has 0 aliphatic rings. The van der Waals surface area contributed by atoms with Crippen LogP contribution < -0.4 is 5.32 Å². The van der Waals surface area contributed by atoms with Crippen LogP contribution in [-0.4, -0.2) is 26.0 Å². The Balaban J connectivity index is 1.47. The van der Waals surface area contributed by atoms with Crippen molar-refractivity contribution in [3.63, 3.8) is 0 Å². The third kappa shape index (κ3) is 3.39. The fourth-order valence-electron chi connectivity index (χ4n) is 3.56. The van der Waals surface area contributed by atoms with Crippen LogP contribution >= 0.6 is 11.8 Å². The normalized spacial score (nSPS) is 11.4. The summed E-state index contributed by atoms with van der Waals surface area (Å²) >= 11 is 1.42. The summed E-state index contributed by atoms with van der Waals surface area (Å²) in [6.45, 7) is 2.11. The molecule has 1 amide bonds. The van der Waals surface area contributed by atoms with Gasteiger partial charge in [-0.3, -0.25) is 9.20 Å². The summed E-state index contributed by atoms with van der Waals surface area (Å²) in [4.78, 5) is 22.2. The zero-order chi connectivity index (χ0) is 20.5. The molecule has 5 rings (SSSR count). The highest BCUT2D eigenvalue weighted by atomic mass is 32.2. The summed E-state index contributed by atoms with van der Waals surface area (Å²) in [6.07, 6.45) is 0.979. The lowest BCUT2D eigenvalue weighted by molar-refractivity contribution is -0.113. The number of para-hydroxylation sites is 3. The minimum Gasteiger partial charge on any atom is -0.325 e. The first-order valence-electron chi connectivity index (χ1n) is 9.90. The van der Waals surface area contributed by atoms with Gasteiger partial charge in [-0.05, 0) is 48.4 Å². The van der Waals surface area contributed by atoms with Gasteiger partial charge in [-0.1, -0.05) is 55.1 Å². The number of aryl methyl sites for hydroxylation is 1. The first-order chi connectivity index (χ1) is 14.7. The monoisotopic (exact) mass is 412 g/mol. The molecule has 0 spiro atoms. The molecule has 1 N–H and O–H groups in total. The van der Waals surface area contributed by atoms with Crippen molar-refractivity contribution in [1.29, 1.82) is 0 Å². The third-order valence-electron chi connectivity index (χ3n) is 5.09. The second-order valence-electron chi connectivity index (χ2n) is 7.06. The number of carbonyl (C=O) groups is 1. The number of imidazole rings is 1. The van der Waals surface area contributed by atoms with E-state index in [-0.39, 0.29) is 11.7 Å². The van der Waals surface area contributed by atoms with Crippen LogP contribution in [0.2, 0.25) is 0 Å². The Morgan fingerprint density at radius 1 is 0.933 bits per heavy atom. The summed E-state index contributed by atoms with van der Waals surface area (Å²) < 4.78 is 2.05. The molecule has 0 unspecified atom stereocenters. The number of amides is 1. The highest BCUT2D eigenvalue weighted by molar-refractivity contribution is 7.99. The molecule has 30 heavy (non-hydrogen) atoms. The van der Waals surface area contributed by atoms with Gasteiger partial charge in [0.05, 0.1) is 22.3 Å². The number of thioether (sulfide) groups is 1. The van der Waals surface area contributed by atoms with Gasteiger partial charge in [-0.2, -0.15) is 0 Å². The van der Waals surface area contributed by atoms with Crippen LogP contribution in [0.3, 0.4) is 0 Å². The number of aromatic nitrogens is 3. The van der Waals surface area contributed by atoms with E-state index in [1.807, 2.05) is 77.2 Å². The van der Waals surface area contributed by atoms with Gasteiger partial charge in [-0.25, -0.2) is 9.97 Å². The molecule has 0 atom stereocenters. The van der Waals surface area contributed by atoms with E-state index in [2.05, 4.69) is 12.2 Å². The van der Waals surface area contributed by atoms with Gasteiger partial charge in [0, 0.05) is 11.1 Å². The highest BCUT2D eigenvalue weighted by Gasteiger charge is 2.15. The van der Waals surface area contributed by atoms with Crippen LogP contribution in [0, 0.1) is 0 Å². The fraction of sp³-hybridized carbons (Fsp3) is 0.125. The average Bonchev–Trinajstić information content (AvgIpc) is 3.18. The number of hydrogen-bond acceptors (Lipinski definition) is 4. The van der Waals surface area contributed by atoms with Gasteiger partial charge < -0.3 is 5.32 Å². The van der Waals surface area contributed by atoms with E-state index in [0.717, 1.165) is 44.8 Å². The Hall–Kier alpha value is -3.38. The van der Waals surface area contributed by atoms with Crippen LogP contribution in [0.4, 0.5) is 5.69 Å². The lowest BCUT2D eigenvalue weighted by atomic mass is 10.1. The minimum atomic E-state index is -0.0585. The summed E-state index contributed by atoms with van der Waals surface area (Å²) in [7, 11) is 0. The molecule has 0 bridgehead atoms. The largest absolute Gasteiger partial charge is 0.325 e. The maximum Gasteiger partial charge on any atom is 0.234 e. The van der Waals surface area contributed by atoms with Crippen LogP contribution in [-0.2, 0) is 11.2 Å². The van der Waals surface area contributed by atoms with E-state index in [4.69, 9.17) is 9.97 Å². The van der Waals surface area contributed by atoms with Crippen molar-refractivity contribution in [3.8, 4) is 0 Å². The maximum atomic E-state index is 12.6. The van der Waals surface area contributed by atoms with E-state index in [1.165, 1.54) is 17.3 Å². The molecular weight excluding hydrogens is 392 g/mol. The third-order valence-corrected chi connectivity index (χ3v) is 6.03. The molecule has 5 aromatic rings. The Kier molecular flexibility index (Phi) is 4.85. The Morgan fingerprint density at radius 3 is 2.47 bits per heavy atom. The molecule has 5 nitrogen and oxygen atoms in total. The molecule has 0 fully saturated rings. The molecule has 2 aromatic heterocycles. The maximum absolute atomic E-state index is 12.6. The van der Waals surface area contributed by atoms with Gasteiger partial charge in [0.15, 0.2) is 5.16 Å². The zero-order valence-corrected chi connectivity index (χ0v) is 17.3. The topological polar surface area (TPSA) is 59.3 Å². The number of hydrogen-bond donors (Lipinski definition) is 1. The van der Waals surface area contributed by atoms with E-state index in [0.29, 0.717) is 0 Å². The number of rotatable bonds is 5. The lowest BCUT2D eigenvalue weighted by Crippen LogP contribution is -2.14. The summed E-state index contributed by atoms with van der Waals surface area (Å²) in [5.41, 5.74) is 5.69. The van der Waals surface area contributed by atoms with Crippen LogP contribution in [0.5, 0.6) is 0 Å². The van der Waals surface area contributed by atoms with Crippen LogP contribution in [0.1, 0.15) is 12.5 Å². The molecule has 148 valence electrons. The Bertz CT molecular complexity index is 1380. The van der Waals surface area contributed by atoms with Crippen molar-refractivity contribution < 1.29 is 4.79 Å². The first kappa shape index (κ1) is 18.6. The molecule has 6 heteroatoms. The number of carbonyl (C=O) groups excluding carboxylic acids is 1. The summed E-state index contributed by atoms with van der Waals surface area (Å²) in [5, 5.41) is 4.72. The zero-order valence-electron chi connectivity index (χ0n) is 16.5. The average molecular weight is 413 g/mol. The van der Waals surface area contributed by atoms with E-state index in [9.17, 15) is 4.79 Å². The van der Waals surface area contributed by atoms with Gasteiger partial charge in [0.2, 0.25) is 5.91 Å². The number of benzene rings is 3. The van der Waals surface area contributed by atoms with Crippen molar-refractivity contribution in [2.75, 3.05) is 11.1 Å². The smallest absolute Gasteiger partial charge is 0.234 e. The second-order valence-corrected chi connectivity index (χ2v) is 8.00. The number of nitrogens with zero attached hydrogens (tertiary/aromatic N) is 3. The minimum absolute atomic E-state index is 0.0585. The van der Waals surface area contributed by atoms with Gasteiger partial charge in [0.1, 0.15) is 5.65 Å². The quantitative estimate of drug-likeness (QED) is 0.313. The number of fused-ring (bicyclic) bond motifs is 5. The van der Waals surface area contributed by atoms with Gasteiger partial charge in [0.25, 0.3) is 0 Å². The van der Waals surface area contributed by atoms with E-state index < -0.39 is 0 Å². The molecular formula is C24H20N4OS. The molecule has 0 saturated carbocycles. The van der Waals surface area contributed by atoms with Crippen molar-refractivity contribution in [2.24, 2.45) is 0 Å². The van der Waals surface area contributed by atoms with Crippen LogP contribution in [0.25, 0.3) is 27.6 Å². The molecule has 0 radical (unpaired) electrons. The predicted octanol–water partition coefficient (Wildman–Crippen LogP) is 5.33. The van der Waals surface area contributed by atoms with E-state index >= 15 is 0 Å². The van der Waals surface area contributed by atoms with Crippen molar-refractivity contribution in [3.05, 3.63) is 78.4 Å². The number of nitrogens with one attached hydrogen (secondary N) is 1. The SMILES string of the molecule is CCc1ccc(NC(=O)CSc2nc3ccccc3c3nc4ccccc4n23)cc1. The van der Waals surface area contributed by atoms with E-state index in [1.54, 1.807) is 0 Å². The van der Waals surface area contributed by atoms with Crippen LogP contribution in [0.15, 0.2) is 78.0 Å². The first-order valence-corrected chi connectivity index (χ1v) is 10.9.